The number of nitrogens with one attached hydrogen (secondary N) is 2. The van der Waals surface area contributed by atoms with Gasteiger partial charge in [0.05, 0.1) is 0 Å². The van der Waals surface area contributed by atoms with Crippen molar-refractivity contribution in [2.45, 2.75) is 25.9 Å². The molecule has 1 aromatic carbocycles. The van der Waals surface area contributed by atoms with E-state index in [1.807, 2.05) is 19.1 Å². The lowest BCUT2D eigenvalue weighted by Gasteiger charge is -2.12. The first kappa shape index (κ1) is 14.0. The van der Waals surface area contributed by atoms with Crippen LogP contribution in [0.3, 0.4) is 0 Å². The molecule has 0 heterocycles. The fourth-order valence-electron chi connectivity index (χ4n) is 1.30. The third kappa shape index (κ3) is 4.06. The molecule has 0 aliphatic carbocycles. The summed E-state index contributed by atoms with van der Waals surface area (Å²) in [5.74, 6) is -0.586. The molecule has 6 N–H and O–H groups in total. The van der Waals surface area contributed by atoms with Crippen molar-refractivity contribution in [1.82, 2.24) is 5.32 Å². The molecule has 3 amide bonds. The van der Waals surface area contributed by atoms with Gasteiger partial charge in [0.2, 0.25) is 5.91 Å². The van der Waals surface area contributed by atoms with E-state index in [9.17, 15) is 9.59 Å². The SMILES string of the molecule is CC(NC(=O)Nc1ccc(C(C)N)cc1)C(N)=O. The van der Waals surface area contributed by atoms with Crippen LogP contribution in [0.1, 0.15) is 25.5 Å². The molecule has 2 unspecified atom stereocenters. The molecule has 0 aliphatic rings. The van der Waals surface area contributed by atoms with E-state index in [1.165, 1.54) is 6.92 Å². The molecule has 2 atom stereocenters. The Morgan fingerprint density at radius 2 is 1.72 bits per heavy atom. The molecule has 0 saturated carbocycles. The highest BCUT2D eigenvalue weighted by molar-refractivity contribution is 5.93. The lowest BCUT2D eigenvalue weighted by Crippen LogP contribution is -2.44. The molecular weight excluding hydrogens is 232 g/mol. The van der Waals surface area contributed by atoms with Gasteiger partial charge in [-0.2, -0.15) is 0 Å². The van der Waals surface area contributed by atoms with Gasteiger partial charge in [-0.15, -0.1) is 0 Å². The van der Waals surface area contributed by atoms with Crippen molar-refractivity contribution in [3.8, 4) is 0 Å². The first-order chi connectivity index (χ1) is 8.40. The van der Waals surface area contributed by atoms with E-state index in [0.29, 0.717) is 5.69 Å². The quantitative estimate of drug-likeness (QED) is 0.631. The number of hydrogen-bond donors (Lipinski definition) is 4. The number of hydrogen-bond acceptors (Lipinski definition) is 3. The average molecular weight is 250 g/mol. The largest absolute Gasteiger partial charge is 0.368 e. The van der Waals surface area contributed by atoms with E-state index in [0.717, 1.165) is 5.56 Å². The number of primary amides is 1. The van der Waals surface area contributed by atoms with Gasteiger partial charge in [0.15, 0.2) is 0 Å². The second-order valence-electron chi connectivity index (χ2n) is 4.13. The Balaban J connectivity index is 2.57. The van der Waals surface area contributed by atoms with E-state index >= 15 is 0 Å². The van der Waals surface area contributed by atoms with Crippen molar-refractivity contribution in [3.05, 3.63) is 29.8 Å². The van der Waals surface area contributed by atoms with Crippen LogP contribution >= 0.6 is 0 Å². The van der Waals surface area contributed by atoms with Crippen LogP contribution in [0, 0.1) is 0 Å². The molecule has 1 aromatic rings. The second kappa shape index (κ2) is 6.02. The maximum absolute atomic E-state index is 11.5. The van der Waals surface area contributed by atoms with Gasteiger partial charge in [-0.05, 0) is 31.5 Å². The highest BCUT2D eigenvalue weighted by Crippen LogP contribution is 2.13. The molecule has 0 bridgehead atoms. The zero-order valence-electron chi connectivity index (χ0n) is 10.4. The predicted octanol–water partition coefficient (Wildman–Crippen LogP) is 0.702. The zero-order chi connectivity index (χ0) is 13.7. The minimum absolute atomic E-state index is 0.0530. The van der Waals surface area contributed by atoms with Crippen molar-refractivity contribution in [3.63, 3.8) is 0 Å². The van der Waals surface area contributed by atoms with E-state index < -0.39 is 18.0 Å². The molecular formula is C12H18N4O2. The number of benzene rings is 1. The van der Waals surface area contributed by atoms with Crippen molar-refractivity contribution in [2.75, 3.05) is 5.32 Å². The summed E-state index contributed by atoms with van der Waals surface area (Å²) in [5, 5.41) is 5.01. The van der Waals surface area contributed by atoms with Crippen LogP contribution in [0.4, 0.5) is 10.5 Å². The first-order valence-corrected chi connectivity index (χ1v) is 5.62. The van der Waals surface area contributed by atoms with Gasteiger partial charge < -0.3 is 22.1 Å². The number of nitrogens with two attached hydrogens (primary N) is 2. The molecule has 0 aromatic heterocycles. The molecule has 0 radical (unpaired) electrons. The molecule has 98 valence electrons. The lowest BCUT2D eigenvalue weighted by atomic mass is 10.1. The third-order valence-corrected chi connectivity index (χ3v) is 2.47. The van der Waals surface area contributed by atoms with Crippen LogP contribution in [-0.2, 0) is 4.79 Å². The molecule has 0 spiro atoms. The maximum atomic E-state index is 11.5. The van der Waals surface area contributed by atoms with E-state index in [4.69, 9.17) is 11.5 Å². The fourth-order valence-corrected chi connectivity index (χ4v) is 1.30. The van der Waals surface area contributed by atoms with Crippen LogP contribution in [0.2, 0.25) is 0 Å². The fraction of sp³-hybridized carbons (Fsp3) is 0.333. The van der Waals surface area contributed by atoms with Crippen molar-refractivity contribution in [2.24, 2.45) is 11.5 Å². The summed E-state index contributed by atoms with van der Waals surface area (Å²) in [6.45, 7) is 3.39. The maximum Gasteiger partial charge on any atom is 0.319 e. The van der Waals surface area contributed by atoms with Crippen LogP contribution in [0.25, 0.3) is 0 Å². The highest BCUT2D eigenvalue weighted by atomic mass is 16.2. The summed E-state index contributed by atoms with van der Waals surface area (Å²) in [6.07, 6.45) is 0. The van der Waals surface area contributed by atoms with E-state index in [1.54, 1.807) is 12.1 Å². The molecule has 1 rings (SSSR count). The smallest absolute Gasteiger partial charge is 0.319 e. The third-order valence-electron chi connectivity index (χ3n) is 2.47. The Bertz CT molecular complexity index is 428. The monoisotopic (exact) mass is 250 g/mol. The van der Waals surface area contributed by atoms with Crippen LogP contribution < -0.4 is 22.1 Å². The van der Waals surface area contributed by atoms with Crippen LogP contribution in [0.15, 0.2) is 24.3 Å². The number of carbonyl (C=O) groups excluding carboxylic acids is 2. The molecule has 0 saturated heterocycles. The van der Waals surface area contributed by atoms with Gasteiger partial charge in [-0.25, -0.2) is 4.79 Å². The molecule has 6 heteroatoms. The van der Waals surface area contributed by atoms with Crippen LogP contribution in [-0.4, -0.2) is 18.0 Å². The Hall–Kier alpha value is -2.08. The summed E-state index contributed by atoms with van der Waals surface area (Å²) < 4.78 is 0. The Kier molecular flexibility index (Phi) is 4.67. The first-order valence-electron chi connectivity index (χ1n) is 5.62. The molecule has 0 aliphatic heterocycles. The summed E-state index contributed by atoms with van der Waals surface area (Å²) in [4.78, 5) is 22.3. The number of urea groups is 1. The topological polar surface area (TPSA) is 110 Å². The Morgan fingerprint density at radius 1 is 1.17 bits per heavy atom. The average Bonchev–Trinajstić information content (AvgIpc) is 2.29. The van der Waals surface area contributed by atoms with Gasteiger partial charge in [0, 0.05) is 11.7 Å². The van der Waals surface area contributed by atoms with Gasteiger partial charge in [-0.3, -0.25) is 4.79 Å². The van der Waals surface area contributed by atoms with E-state index in [2.05, 4.69) is 10.6 Å². The summed E-state index contributed by atoms with van der Waals surface area (Å²) in [6, 6.07) is 5.90. The number of carbonyl (C=O) groups is 2. The Morgan fingerprint density at radius 3 is 2.17 bits per heavy atom. The highest BCUT2D eigenvalue weighted by Gasteiger charge is 2.11. The second-order valence-corrected chi connectivity index (χ2v) is 4.13. The number of rotatable bonds is 4. The zero-order valence-corrected chi connectivity index (χ0v) is 10.4. The standard InChI is InChI=1S/C12H18N4O2/c1-7(13)9-3-5-10(6-4-9)16-12(18)15-8(2)11(14)17/h3-8H,13H2,1-2H3,(H2,14,17)(H2,15,16,18). The number of anilines is 1. The van der Waals surface area contributed by atoms with Gasteiger partial charge in [-0.1, -0.05) is 12.1 Å². The molecule has 18 heavy (non-hydrogen) atoms. The minimum Gasteiger partial charge on any atom is -0.368 e. The van der Waals surface area contributed by atoms with Gasteiger partial charge in [0.1, 0.15) is 6.04 Å². The number of amides is 3. The van der Waals surface area contributed by atoms with Crippen LogP contribution in [0.5, 0.6) is 0 Å². The minimum atomic E-state index is -0.715. The van der Waals surface area contributed by atoms with Gasteiger partial charge in [0.25, 0.3) is 0 Å². The summed E-state index contributed by atoms with van der Waals surface area (Å²) in [5.41, 5.74) is 12.3. The summed E-state index contributed by atoms with van der Waals surface area (Å²) in [7, 11) is 0. The summed E-state index contributed by atoms with van der Waals surface area (Å²) >= 11 is 0. The molecule has 0 fully saturated rings. The van der Waals surface area contributed by atoms with Gasteiger partial charge >= 0.3 is 6.03 Å². The Labute approximate surface area is 106 Å². The van der Waals surface area contributed by atoms with Crippen molar-refractivity contribution < 1.29 is 9.59 Å². The predicted molar refractivity (Wildman–Crippen MR) is 69.9 cm³/mol. The lowest BCUT2D eigenvalue weighted by molar-refractivity contribution is -0.119. The molecule has 6 nitrogen and oxygen atoms in total. The normalized spacial score (nSPS) is 13.5. The van der Waals surface area contributed by atoms with Crippen molar-refractivity contribution >= 4 is 17.6 Å². The van der Waals surface area contributed by atoms with E-state index in [-0.39, 0.29) is 6.04 Å². The van der Waals surface area contributed by atoms with Crippen molar-refractivity contribution in [1.29, 1.82) is 0 Å².